The normalized spacial score (nSPS) is 12.7. The molecular formula is C24H25F4N3O2. The predicted octanol–water partition coefficient (Wildman–Crippen LogP) is 5.95. The first kappa shape index (κ1) is 24.3. The Labute approximate surface area is 188 Å². The molecule has 2 amide bonds. The average Bonchev–Trinajstić information content (AvgIpc) is 2.74. The standard InChI is InChI=1S/C24H25F4N3O2/c1-15(2)12-31(23(33)29-18-10-8-17(25)9-11-18)16(3)21-13-30(14-24(26,27)28)22(32)20-7-5-4-6-19(20)21/h4-11,13,15-16H,12,14H2,1-3H3,(H,29,33). The van der Waals surface area contributed by atoms with E-state index in [2.05, 4.69) is 5.32 Å². The summed E-state index contributed by atoms with van der Waals surface area (Å²) in [4.78, 5) is 27.3. The lowest BCUT2D eigenvalue weighted by atomic mass is 10.0. The van der Waals surface area contributed by atoms with Crippen LogP contribution in [0.15, 0.2) is 59.5 Å². The highest BCUT2D eigenvalue weighted by molar-refractivity contribution is 5.91. The van der Waals surface area contributed by atoms with E-state index in [0.29, 0.717) is 27.7 Å². The van der Waals surface area contributed by atoms with E-state index in [0.717, 1.165) is 0 Å². The number of nitrogens with one attached hydrogen (secondary N) is 1. The number of aromatic nitrogens is 1. The monoisotopic (exact) mass is 463 g/mol. The van der Waals surface area contributed by atoms with E-state index in [4.69, 9.17) is 0 Å². The second kappa shape index (κ2) is 9.64. The molecule has 5 nitrogen and oxygen atoms in total. The molecule has 0 aliphatic heterocycles. The zero-order valence-corrected chi connectivity index (χ0v) is 18.5. The number of anilines is 1. The van der Waals surface area contributed by atoms with E-state index in [1.165, 1.54) is 41.4 Å². The van der Waals surface area contributed by atoms with Crippen molar-refractivity contribution in [3.05, 3.63) is 76.5 Å². The Morgan fingerprint density at radius 3 is 2.21 bits per heavy atom. The fraction of sp³-hybridized carbons (Fsp3) is 0.333. The minimum Gasteiger partial charge on any atom is -0.317 e. The van der Waals surface area contributed by atoms with Gasteiger partial charge in [-0.25, -0.2) is 9.18 Å². The fourth-order valence-electron chi connectivity index (χ4n) is 3.72. The van der Waals surface area contributed by atoms with Gasteiger partial charge in [0.05, 0.1) is 6.04 Å². The van der Waals surface area contributed by atoms with Crippen molar-refractivity contribution in [2.24, 2.45) is 5.92 Å². The fourth-order valence-corrected chi connectivity index (χ4v) is 3.72. The third-order valence-electron chi connectivity index (χ3n) is 5.21. The second-order valence-corrected chi connectivity index (χ2v) is 8.34. The van der Waals surface area contributed by atoms with Gasteiger partial charge in [0.15, 0.2) is 0 Å². The highest BCUT2D eigenvalue weighted by atomic mass is 19.4. The Hall–Kier alpha value is -3.36. The van der Waals surface area contributed by atoms with Crippen molar-refractivity contribution in [1.82, 2.24) is 9.47 Å². The number of carbonyl (C=O) groups excluding carboxylic acids is 1. The third kappa shape index (κ3) is 5.91. The summed E-state index contributed by atoms with van der Waals surface area (Å²) in [7, 11) is 0. The van der Waals surface area contributed by atoms with Crippen LogP contribution in [0.2, 0.25) is 0 Å². The molecule has 3 aromatic rings. The highest BCUT2D eigenvalue weighted by Crippen LogP contribution is 2.29. The van der Waals surface area contributed by atoms with Crippen LogP contribution in [0, 0.1) is 11.7 Å². The second-order valence-electron chi connectivity index (χ2n) is 8.34. The average molecular weight is 463 g/mol. The van der Waals surface area contributed by atoms with Crippen molar-refractivity contribution in [2.75, 3.05) is 11.9 Å². The molecule has 0 radical (unpaired) electrons. The van der Waals surface area contributed by atoms with Crippen molar-refractivity contribution in [3.8, 4) is 0 Å². The summed E-state index contributed by atoms with van der Waals surface area (Å²) in [5.74, 6) is -0.391. The molecule has 1 unspecified atom stereocenters. The lowest BCUT2D eigenvalue weighted by Crippen LogP contribution is -2.40. The van der Waals surface area contributed by atoms with Crippen LogP contribution in [0.25, 0.3) is 10.8 Å². The van der Waals surface area contributed by atoms with Gasteiger partial charge in [0, 0.05) is 23.8 Å². The van der Waals surface area contributed by atoms with Crippen LogP contribution < -0.4 is 10.9 Å². The first-order chi connectivity index (χ1) is 15.5. The van der Waals surface area contributed by atoms with E-state index >= 15 is 0 Å². The van der Waals surface area contributed by atoms with Gasteiger partial charge in [0.2, 0.25) is 0 Å². The lowest BCUT2D eigenvalue weighted by molar-refractivity contribution is -0.141. The summed E-state index contributed by atoms with van der Waals surface area (Å²) in [6, 6.07) is 10.5. The van der Waals surface area contributed by atoms with E-state index in [1.54, 1.807) is 25.1 Å². The van der Waals surface area contributed by atoms with Crippen LogP contribution in [0.1, 0.15) is 32.4 Å². The molecule has 0 saturated heterocycles. The number of benzene rings is 2. The lowest BCUT2D eigenvalue weighted by Gasteiger charge is -2.32. The molecule has 1 atom stereocenters. The molecule has 0 aliphatic carbocycles. The molecule has 0 saturated carbocycles. The largest absolute Gasteiger partial charge is 0.406 e. The summed E-state index contributed by atoms with van der Waals surface area (Å²) in [6.45, 7) is 4.40. The van der Waals surface area contributed by atoms with E-state index in [1.807, 2.05) is 13.8 Å². The molecule has 1 N–H and O–H groups in total. The zero-order valence-electron chi connectivity index (χ0n) is 18.5. The summed E-state index contributed by atoms with van der Waals surface area (Å²) < 4.78 is 53.2. The van der Waals surface area contributed by atoms with Gasteiger partial charge in [0.25, 0.3) is 5.56 Å². The van der Waals surface area contributed by atoms with Crippen molar-refractivity contribution < 1.29 is 22.4 Å². The van der Waals surface area contributed by atoms with Crippen LogP contribution in [-0.4, -0.2) is 28.2 Å². The summed E-state index contributed by atoms with van der Waals surface area (Å²) >= 11 is 0. The molecule has 0 fully saturated rings. The number of pyridine rings is 1. The number of urea groups is 1. The minimum absolute atomic E-state index is 0.0544. The van der Waals surface area contributed by atoms with Crippen LogP contribution in [0.4, 0.5) is 28.0 Å². The van der Waals surface area contributed by atoms with Gasteiger partial charge in [-0.1, -0.05) is 32.0 Å². The minimum atomic E-state index is -4.58. The van der Waals surface area contributed by atoms with Crippen molar-refractivity contribution >= 4 is 22.5 Å². The maximum atomic E-state index is 13.2. The molecule has 3 rings (SSSR count). The van der Waals surface area contributed by atoms with Gasteiger partial charge in [-0.2, -0.15) is 13.2 Å². The molecule has 33 heavy (non-hydrogen) atoms. The van der Waals surface area contributed by atoms with E-state index in [-0.39, 0.29) is 11.3 Å². The summed E-state index contributed by atoms with van der Waals surface area (Å²) in [5, 5.41) is 3.34. The summed E-state index contributed by atoms with van der Waals surface area (Å²) in [5.41, 5.74) is 0.0589. The van der Waals surface area contributed by atoms with Gasteiger partial charge in [0.1, 0.15) is 12.4 Å². The topological polar surface area (TPSA) is 54.3 Å². The molecule has 1 aromatic heterocycles. The quantitative estimate of drug-likeness (QED) is 0.459. The predicted molar refractivity (Wildman–Crippen MR) is 120 cm³/mol. The smallest absolute Gasteiger partial charge is 0.317 e. The van der Waals surface area contributed by atoms with E-state index in [9.17, 15) is 27.2 Å². The summed E-state index contributed by atoms with van der Waals surface area (Å²) in [6.07, 6.45) is -3.40. The van der Waals surface area contributed by atoms with Gasteiger partial charge >= 0.3 is 12.2 Å². The molecule has 9 heteroatoms. The molecule has 2 aromatic carbocycles. The Bertz CT molecular complexity index is 1190. The maximum Gasteiger partial charge on any atom is 0.406 e. The van der Waals surface area contributed by atoms with Gasteiger partial charge in [-0.15, -0.1) is 0 Å². The number of hydrogen-bond acceptors (Lipinski definition) is 2. The van der Waals surface area contributed by atoms with Crippen molar-refractivity contribution in [3.63, 3.8) is 0 Å². The van der Waals surface area contributed by atoms with Gasteiger partial charge in [-0.05, 0) is 54.1 Å². The third-order valence-corrected chi connectivity index (χ3v) is 5.21. The number of alkyl halides is 3. The zero-order chi connectivity index (χ0) is 24.3. The SMILES string of the molecule is CC(C)CN(C(=O)Nc1ccc(F)cc1)C(C)c1cn(CC(F)(F)F)c(=O)c2ccccc12. The number of amides is 2. The van der Waals surface area contributed by atoms with E-state index < -0.39 is 36.2 Å². The molecule has 0 aliphatic rings. The van der Waals surface area contributed by atoms with Crippen LogP contribution in [0.5, 0.6) is 0 Å². The number of hydrogen-bond donors (Lipinski definition) is 1. The van der Waals surface area contributed by atoms with Crippen LogP contribution in [0.3, 0.4) is 0 Å². The molecule has 1 heterocycles. The van der Waals surface area contributed by atoms with Crippen LogP contribution in [-0.2, 0) is 6.54 Å². The number of fused-ring (bicyclic) bond motifs is 1. The number of carbonyl (C=O) groups is 1. The van der Waals surface area contributed by atoms with Crippen molar-refractivity contribution in [1.29, 1.82) is 0 Å². The molecule has 176 valence electrons. The first-order valence-electron chi connectivity index (χ1n) is 10.5. The highest BCUT2D eigenvalue weighted by Gasteiger charge is 2.30. The Balaban J connectivity index is 2.06. The number of nitrogens with zero attached hydrogens (tertiary/aromatic N) is 2. The number of rotatable bonds is 6. The maximum absolute atomic E-state index is 13.2. The Morgan fingerprint density at radius 1 is 1.03 bits per heavy atom. The Morgan fingerprint density at radius 2 is 1.64 bits per heavy atom. The molecule has 0 bridgehead atoms. The number of halogens is 4. The Kier molecular flexibility index (Phi) is 7.09. The first-order valence-corrected chi connectivity index (χ1v) is 10.5. The van der Waals surface area contributed by atoms with Gasteiger partial charge < -0.3 is 14.8 Å². The molecule has 0 spiro atoms. The molecular weight excluding hydrogens is 438 g/mol. The van der Waals surface area contributed by atoms with Gasteiger partial charge in [-0.3, -0.25) is 4.79 Å². The van der Waals surface area contributed by atoms with Crippen LogP contribution >= 0.6 is 0 Å². The van der Waals surface area contributed by atoms with Crippen molar-refractivity contribution in [2.45, 2.75) is 39.5 Å².